The molecule has 10 nitrogen and oxygen atoms in total. The molecule has 9 atom stereocenters. The standard InChI is InChI=1S/C13H22O10/c1-21-12(13-6(16)4(15)3-22-13)10(20)11-9(19)8(18)7(17)5(2-14)23-11/h4-9,11-19H,2-3H2,1H3/t4-,5+,6+,7-,8-,9+,11?,12+,13+/m0/s1. The summed E-state index contributed by atoms with van der Waals surface area (Å²) in [5.74, 6) is -0.845. The zero-order chi connectivity index (χ0) is 17.3. The Kier molecular flexibility index (Phi) is 6.05. The SMILES string of the molecule is CO[C@H](C(=O)C1O[C@H](CO)[C@H](O)[C@H](O)[C@H]1O)[C@@H]1OC[C@H](O)[C@H]1O. The minimum Gasteiger partial charge on any atom is -0.394 e. The van der Waals surface area contributed by atoms with Gasteiger partial charge in [-0.15, -0.1) is 0 Å². The summed E-state index contributed by atoms with van der Waals surface area (Å²) >= 11 is 0. The van der Waals surface area contributed by atoms with Gasteiger partial charge in [0.15, 0.2) is 5.78 Å². The zero-order valence-corrected chi connectivity index (χ0v) is 12.4. The largest absolute Gasteiger partial charge is 0.394 e. The molecule has 6 N–H and O–H groups in total. The zero-order valence-electron chi connectivity index (χ0n) is 12.4. The van der Waals surface area contributed by atoms with E-state index in [0.717, 1.165) is 0 Å². The number of aliphatic hydroxyl groups excluding tert-OH is 6. The second kappa shape index (κ2) is 7.47. The first-order chi connectivity index (χ1) is 10.8. The number of ketones is 1. The number of aliphatic hydroxyl groups is 6. The molecule has 10 heteroatoms. The predicted molar refractivity (Wildman–Crippen MR) is 71.3 cm³/mol. The lowest BCUT2D eigenvalue weighted by molar-refractivity contribution is -0.231. The Balaban J connectivity index is 2.16. The van der Waals surface area contributed by atoms with Gasteiger partial charge in [0, 0.05) is 7.11 Å². The summed E-state index contributed by atoms with van der Waals surface area (Å²) in [6.45, 7) is -0.860. The monoisotopic (exact) mass is 338 g/mol. The first kappa shape index (κ1) is 18.6. The maximum atomic E-state index is 12.5. The number of hydrogen-bond acceptors (Lipinski definition) is 10. The number of methoxy groups -OCH3 is 1. The maximum absolute atomic E-state index is 12.5. The highest BCUT2D eigenvalue weighted by Gasteiger charge is 2.51. The van der Waals surface area contributed by atoms with E-state index in [1.54, 1.807) is 0 Å². The fraction of sp³-hybridized carbons (Fsp3) is 0.923. The maximum Gasteiger partial charge on any atom is 0.195 e. The summed E-state index contributed by atoms with van der Waals surface area (Å²) in [4.78, 5) is 12.5. The van der Waals surface area contributed by atoms with Crippen LogP contribution in [0, 0.1) is 0 Å². The van der Waals surface area contributed by atoms with E-state index in [0.29, 0.717) is 0 Å². The van der Waals surface area contributed by atoms with Crippen LogP contribution in [0.4, 0.5) is 0 Å². The van der Waals surface area contributed by atoms with E-state index < -0.39 is 67.3 Å². The van der Waals surface area contributed by atoms with Crippen molar-refractivity contribution in [1.82, 2.24) is 0 Å². The Morgan fingerprint density at radius 3 is 2.26 bits per heavy atom. The van der Waals surface area contributed by atoms with Crippen LogP contribution < -0.4 is 0 Å². The minimum absolute atomic E-state index is 0.187. The highest BCUT2D eigenvalue weighted by Crippen LogP contribution is 2.26. The average molecular weight is 338 g/mol. The number of ether oxygens (including phenoxy) is 3. The minimum atomic E-state index is -1.75. The summed E-state index contributed by atoms with van der Waals surface area (Å²) in [5, 5.41) is 57.8. The molecule has 0 aromatic rings. The molecule has 0 aliphatic carbocycles. The van der Waals surface area contributed by atoms with Crippen molar-refractivity contribution in [2.24, 2.45) is 0 Å². The molecule has 0 spiro atoms. The number of carbonyl (C=O) groups excluding carboxylic acids is 1. The van der Waals surface area contributed by atoms with Crippen LogP contribution in [0.5, 0.6) is 0 Å². The van der Waals surface area contributed by atoms with Gasteiger partial charge in [0.05, 0.1) is 13.2 Å². The van der Waals surface area contributed by atoms with Gasteiger partial charge in [-0.3, -0.25) is 4.79 Å². The Morgan fingerprint density at radius 2 is 1.78 bits per heavy atom. The van der Waals surface area contributed by atoms with Crippen LogP contribution in [-0.2, 0) is 19.0 Å². The van der Waals surface area contributed by atoms with E-state index in [9.17, 15) is 30.3 Å². The van der Waals surface area contributed by atoms with E-state index in [-0.39, 0.29) is 6.61 Å². The number of carbonyl (C=O) groups is 1. The van der Waals surface area contributed by atoms with E-state index in [1.165, 1.54) is 7.11 Å². The van der Waals surface area contributed by atoms with Crippen molar-refractivity contribution in [3.8, 4) is 0 Å². The fourth-order valence-corrected chi connectivity index (χ4v) is 2.80. The van der Waals surface area contributed by atoms with Crippen LogP contribution in [0.3, 0.4) is 0 Å². The number of hydrogen-bond donors (Lipinski definition) is 6. The summed E-state index contributed by atoms with van der Waals surface area (Å²) < 4.78 is 15.3. The molecular weight excluding hydrogens is 316 g/mol. The summed E-state index contributed by atoms with van der Waals surface area (Å²) in [5.41, 5.74) is 0. The molecule has 2 fully saturated rings. The molecule has 0 aromatic carbocycles. The van der Waals surface area contributed by atoms with Crippen molar-refractivity contribution in [1.29, 1.82) is 0 Å². The van der Waals surface area contributed by atoms with Gasteiger partial charge in [-0.2, -0.15) is 0 Å². The molecule has 134 valence electrons. The second-order valence-electron chi connectivity index (χ2n) is 5.66. The van der Waals surface area contributed by atoms with E-state index >= 15 is 0 Å². The lowest BCUT2D eigenvalue weighted by Gasteiger charge is -2.40. The van der Waals surface area contributed by atoms with Gasteiger partial charge in [-0.05, 0) is 0 Å². The van der Waals surface area contributed by atoms with Crippen molar-refractivity contribution >= 4 is 5.78 Å². The average Bonchev–Trinajstić information content (AvgIpc) is 2.86. The first-order valence-corrected chi connectivity index (χ1v) is 7.18. The van der Waals surface area contributed by atoms with Crippen molar-refractivity contribution in [2.75, 3.05) is 20.3 Å². The molecule has 2 saturated heterocycles. The summed E-state index contributed by atoms with van der Waals surface area (Å²) in [6, 6.07) is 0. The topological polar surface area (TPSA) is 166 Å². The van der Waals surface area contributed by atoms with Crippen LogP contribution >= 0.6 is 0 Å². The van der Waals surface area contributed by atoms with Crippen molar-refractivity contribution in [3.63, 3.8) is 0 Å². The van der Waals surface area contributed by atoms with E-state index in [2.05, 4.69) is 0 Å². The molecular formula is C13H22O10. The lowest BCUT2D eigenvalue weighted by Crippen LogP contribution is -2.63. The fourth-order valence-electron chi connectivity index (χ4n) is 2.80. The smallest absolute Gasteiger partial charge is 0.195 e. The Bertz CT molecular complexity index is 416. The molecule has 23 heavy (non-hydrogen) atoms. The molecule has 2 aliphatic heterocycles. The van der Waals surface area contributed by atoms with E-state index in [1.807, 2.05) is 0 Å². The molecule has 2 aliphatic rings. The van der Waals surface area contributed by atoms with Crippen LogP contribution in [0.2, 0.25) is 0 Å². The normalized spacial score (nSPS) is 45.9. The quantitative estimate of drug-likeness (QED) is 0.288. The van der Waals surface area contributed by atoms with Crippen molar-refractivity contribution in [3.05, 3.63) is 0 Å². The second-order valence-corrected chi connectivity index (χ2v) is 5.66. The Hall–Kier alpha value is -0.690. The van der Waals surface area contributed by atoms with Gasteiger partial charge in [0.2, 0.25) is 0 Å². The van der Waals surface area contributed by atoms with Gasteiger partial charge in [-0.1, -0.05) is 0 Å². The van der Waals surface area contributed by atoms with E-state index in [4.69, 9.17) is 19.3 Å². The van der Waals surface area contributed by atoms with Crippen LogP contribution in [-0.4, -0.2) is 112 Å². The van der Waals surface area contributed by atoms with Gasteiger partial charge in [0.1, 0.15) is 54.9 Å². The van der Waals surface area contributed by atoms with Gasteiger partial charge >= 0.3 is 0 Å². The number of rotatable bonds is 5. The van der Waals surface area contributed by atoms with Crippen LogP contribution in [0.15, 0.2) is 0 Å². The molecule has 0 amide bonds. The highest BCUT2D eigenvalue weighted by molar-refractivity contribution is 5.89. The molecule has 0 saturated carbocycles. The Morgan fingerprint density at radius 1 is 1.13 bits per heavy atom. The molecule has 0 radical (unpaired) electrons. The Labute approximate surface area is 131 Å². The molecule has 2 rings (SSSR count). The van der Waals surface area contributed by atoms with Gasteiger partial charge < -0.3 is 44.8 Å². The molecule has 1 unspecified atom stereocenters. The number of Topliss-reactive ketones (excluding diaryl/α,β-unsaturated/α-hetero) is 1. The first-order valence-electron chi connectivity index (χ1n) is 7.18. The lowest BCUT2D eigenvalue weighted by atomic mass is 9.89. The van der Waals surface area contributed by atoms with Gasteiger partial charge in [0.25, 0.3) is 0 Å². The third-order valence-electron chi connectivity index (χ3n) is 4.20. The predicted octanol–water partition coefficient (Wildman–Crippen LogP) is -4.47. The van der Waals surface area contributed by atoms with Crippen LogP contribution in [0.1, 0.15) is 0 Å². The van der Waals surface area contributed by atoms with Crippen molar-refractivity contribution < 1.29 is 49.6 Å². The third kappa shape index (κ3) is 3.40. The summed E-state index contributed by atoms with van der Waals surface area (Å²) in [6.07, 6.45) is -13.0. The summed E-state index contributed by atoms with van der Waals surface area (Å²) in [7, 11) is 1.17. The highest BCUT2D eigenvalue weighted by atomic mass is 16.6. The molecule has 0 aromatic heterocycles. The van der Waals surface area contributed by atoms with Crippen LogP contribution in [0.25, 0.3) is 0 Å². The molecule has 2 heterocycles. The third-order valence-corrected chi connectivity index (χ3v) is 4.20. The van der Waals surface area contributed by atoms with Crippen molar-refractivity contribution in [2.45, 2.75) is 54.9 Å². The van der Waals surface area contributed by atoms with Gasteiger partial charge in [-0.25, -0.2) is 0 Å². The molecule has 0 bridgehead atoms.